The third-order valence-corrected chi connectivity index (χ3v) is 3.23. The highest BCUT2D eigenvalue weighted by Crippen LogP contribution is 2.25. The van der Waals surface area contributed by atoms with E-state index in [4.69, 9.17) is 23.2 Å². The summed E-state index contributed by atoms with van der Waals surface area (Å²) in [4.78, 5) is 12.0. The van der Waals surface area contributed by atoms with Crippen molar-refractivity contribution in [2.45, 2.75) is 6.92 Å². The Morgan fingerprint density at radius 3 is 2.40 bits per heavy atom. The second-order valence-electron chi connectivity index (χ2n) is 4.18. The third-order valence-electron chi connectivity index (χ3n) is 2.63. The molecule has 104 valence electrons. The predicted octanol–water partition coefficient (Wildman–Crippen LogP) is 4.83. The number of benzene rings is 2. The molecule has 0 unspecified atom stereocenters. The van der Waals surface area contributed by atoms with Crippen molar-refractivity contribution in [2.24, 2.45) is 0 Å². The van der Waals surface area contributed by atoms with Gasteiger partial charge in [0.2, 0.25) is 0 Å². The minimum atomic E-state index is -0.773. The lowest BCUT2D eigenvalue weighted by Gasteiger charge is -2.09. The molecule has 20 heavy (non-hydrogen) atoms. The predicted molar refractivity (Wildman–Crippen MR) is 75.5 cm³/mol. The highest BCUT2D eigenvalue weighted by atomic mass is 35.5. The van der Waals surface area contributed by atoms with E-state index < -0.39 is 17.5 Å². The van der Waals surface area contributed by atoms with Crippen LogP contribution in [0.15, 0.2) is 30.3 Å². The van der Waals surface area contributed by atoms with E-state index in [1.165, 1.54) is 12.1 Å². The van der Waals surface area contributed by atoms with Gasteiger partial charge in [-0.1, -0.05) is 29.3 Å². The Labute approximate surface area is 124 Å². The van der Waals surface area contributed by atoms with Gasteiger partial charge in [0.05, 0.1) is 21.3 Å². The molecular formula is C14H9Cl2F2NO. The molecule has 0 atom stereocenters. The largest absolute Gasteiger partial charge is 0.319 e. The Morgan fingerprint density at radius 2 is 1.75 bits per heavy atom. The van der Waals surface area contributed by atoms with Crippen molar-refractivity contribution in [2.75, 3.05) is 5.32 Å². The Balaban J connectivity index is 2.31. The first kappa shape index (κ1) is 14.8. The summed E-state index contributed by atoms with van der Waals surface area (Å²) in [6, 6.07) is 6.37. The molecule has 6 heteroatoms. The van der Waals surface area contributed by atoms with Crippen LogP contribution in [0.1, 0.15) is 15.9 Å². The maximum atomic E-state index is 13.6. The van der Waals surface area contributed by atoms with Crippen molar-refractivity contribution in [3.63, 3.8) is 0 Å². The molecule has 2 aromatic rings. The molecule has 0 aliphatic carbocycles. The first-order chi connectivity index (χ1) is 9.38. The number of anilines is 1. The van der Waals surface area contributed by atoms with Crippen LogP contribution in [-0.4, -0.2) is 5.91 Å². The van der Waals surface area contributed by atoms with Gasteiger partial charge in [-0.25, -0.2) is 8.78 Å². The standard InChI is InChI=1S/C14H9Cl2F2NO/c1-7-2-3-13(12(18)4-7)19-14(20)8-5-11(17)10(16)6-9(8)15/h2-6H,1H3,(H,19,20). The van der Waals surface area contributed by atoms with Gasteiger partial charge in [0.1, 0.15) is 11.6 Å². The smallest absolute Gasteiger partial charge is 0.257 e. The van der Waals surface area contributed by atoms with Crippen molar-refractivity contribution >= 4 is 34.8 Å². The summed E-state index contributed by atoms with van der Waals surface area (Å²) in [6.45, 7) is 1.72. The quantitative estimate of drug-likeness (QED) is 0.790. The van der Waals surface area contributed by atoms with E-state index >= 15 is 0 Å². The molecular weight excluding hydrogens is 307 g/mol. The van der Waals surface area contributed by atoms with E-state index in [0.717, 1.165) is 17.7 Å². The summed E-state index contributed by atoms with van der Waals surface area (Å²) >= 11 is 11.4. The summed E-state index contributed by atoms with van der Waals surface area (Å²) in [6.07, 6.45) is 0. The third kappa shape index (κ3) is 3.08. The van der Waals surface area contributed by atoms with Crippen molar-refractivity contribution in [1.82, 2.24) is 0 Å². The van der Waals surface area contributed by atoms with Gasteiger partial charge in [-0.15, -0.1) is 0 Å². The number of carbonyl (C=O) groups excluding carboxylic acids is 1. The number of nitrogens with one attached hydrogen (secondary N) is 1. The first-order valence-electron chi connectivity index (χ1n) is 5.60. The summed E-state index contributed by atoms with van der Waals surface area (Å²) in [7, 11) is 0. The molecule has 0 saturated carbocycles. The van der Waals surface area contributed by atoms with E-state index in [2.05, 4.69) is 5.32 Å². The fraction of sp³-hybridized carbons (Fsp3) is 0.0714. The summed E-state index contributed by atoms with van der Waals surface area (Å²) in [5.41, 5.74) is 0.594. The van der Waals surface area contributed by atoms with Gasteiger partial charge in [-0.05, 0) is 36.8 Å². The Morgan fingerprint density at radius 1 is 1.05 bits per heavy atom. The average molecular weight is 316 g/mol. The summed E-state index contributed by atoms with van der Waals surface area (Å²) in [5, 5.41) is 2.13. The molecule has 0 bridgehead atoms. The minimum absolute atomic E-state index is 0.00738. The van der Waals surface area contributed by atoms with Gasteiger partial charge in [0, 0.05) is 0 Å². The van der Waals surface area contributed by atoms with Crippen LogP contribution in [-0.2, 0) is 0 Å². The van der Waals surface area contributed by atoms with E-state index in [0.29, 0.717) is 0 Å². The van der Waals surface area contributed by atoms with Crippen LogP contribution < -0.4 is 5.32 Å². The average Bonchev–Trinajstić information content (AvgIpc) is 2.37. The molecule has 0 spiro atoms. The lowest BCUT2D eigenvalue weighted by Crippen LogP contribution is -2.14. The van der Waals surface area contributed by atoms with Crippen molar-refractivity contribution < 1.29 is 13.6 Å². The van der Waals surface area contributed by atoms with Crippen LogP contribution in [0.3, 0.4) is 0 Å². The van der Waals surface area contributed by atoms with Crippen molar-refractivity contribution in [3.05, 3.63) is 63.1 Å². The van der Waals surface area contributed by atoms with Gasteiger partial charge in [0.15, 0.2) is 0 Å². The zero-order chi connectivity index (χ0) is 14.9. The Hall–Kier alpha value is -1.65. The molecule has 2 nitrogen and oxygen atoms in total. The van der Waals surface area contributed by atoms with Crippen molar-refractivity contribution in [3.8, 4) is 0 Å². The number of hydrogen-bond donors (Lipinski definition) is 1. The zero-order valence-corrected chi connectivity index (χ0v) is 11.8. The van der Waals surface area contributed by atoms with Crippen LogP contribution in [0, 0.1) is 18.6 Å². The maximum Gasteiger partial charge on any atom is 0.257 e. The lowest BCUT2D eigenvalue weighted by atomic mass is 10.1. The molecule has 2 aromatic carbocycles. The van der Waals surface area contributed by atoms with Gasteiger partial charge in [-0.3, -0.25) is 4.79 Å². The molecule has 0 aromatic heterocycles. The second-order valence-corrected chi connectivity index (χ2v) is 5.00. The Bertz CT molecular complexity index is 689. The molecule has 2 rings (SSSR count). The zero-order valence-electron chi connectivity index (χ0n) is 10.3. The van der Waals surface area contributed by atoms with Crippen LogP contribution in [0.25, 0.3) is 0 Å². The van der Waals surface area contributed by atoms with Gasteiger partial charge in [-0.2, -0.15) is 0 Å². The van der Waals surface area contributed by atoms with Gasteiger partial charge >= 0.3 is 0 Å². The number of halogens is 4. The monoisotopic (exact) mass is 315 g/mol. The highest BCUT2D eigenvalue weighted by Gasteiger charge is 2.15. The molecule has 0 saturated heterocycles. The molecule has 1 N–H and O–H groups in total. The number of carbonyl (C=O) groups is 1. The van der Waals surface area contributed by atoms with Crippen molar-refractivity contribution in [1.29, 1.82) is 0 Å². The van der Waals surface area contributed by atoms with E-state index in [9.17, 15) is 13.6 Å². The number of amides is 1. The fourth-order valence-corrected chi connectivity index (χ4v) is 2.08. The van der Waals surface area contributed by atoms with E-state index in [1.54, 1.807) is 13.0 Å². The summed E-state index contributed by atoms with van der Waals surface area (Å²) < 4.78 is 27.0. The van der Waals surface area contributed by atoms with Crippen LogP contribution in [0.4, 0.5) is 14.5 Å². The number of hydrogen-bond acceptors (Lipinski definition) is 1. The van der Waals surface area contributed by atoms with Crippen LogP contribution in [0.5, 0.6) is 0 Å². The van der Waals surface area contributed by atoms with Crippen LogP contribution >= 0.6 is 23.2 Å². The van der Waals surface area contributed by atoms with Gasteiger partial charge in [0.25, 0.3) is 5.91 Å². The SMILES string of the molecule is Cc1ccc(NC(=O)c2cc(F)c(Cl)cc2Cl)c(F)c1. The topological polar surface area (TPSA) is 29.1 Å². The Kier molecular flexibility index (Phi) is 4.26. The number of aryl methyl sites for hydroxylation is 1. The highest BCUT2D eigenvalue weighted by molar-refractivity contribution is 6.37. The molecule has 0 radical (unpaired) electrons. The molecule has 0 aliphatic heterocycles. The number of rotatable bonds is 2. The lowest BCUT2D eigenvalue weighted by molar-refractivity contribution is 0.102. The van der Waals surface area contributed by atoms with E-state index in [1.807, 2.05) is 0 Å². The van der Waals surface area contributed by atoms with Gasteiger partial charge < -0.3 is 5.32 Å². The fourth-order valence-electron chi connectivity index (χ4n) is 1.61. The maximum absolute atomic E-state index is 13.6. The minimum Gasteiger partial charge on any atom is -0.319 e. The molecule has 0 heterocycles. The first-order valence-corrected chi connectivity index (χ1v) is 6.36. The summed E-state index contributed by atoms with van der Waals surface area (Å²) in [5.74, 6) is -2.07. The van der Waals surface area contributed by atoms with E-state index in [-0.39, 0.29) is 21.3 Å². The normalized spacial score (nSPS) is 10.4. The molecule has 0 fully saturated rings. The molecule has 0 aliphatic rings. The molecule has 1 amide bonds. The second kappa shape index (κ2) is 5.77. The van der Waals surface area contributed by atoms with Crippen LogP contribution in [0.2, 0.25) is 10.0 Å².